The molecule has 154 valence electrons. The molecule has 0 spiro atoms. The number of hydrogen-bond acceptors (Lipinski definition) is 3. The Labute approximate surface area is 177 Å². The predicted octanol–water partition coefficient (Wildman–Crippen LogP) is 4.04. The van der Waals surface area contributed by atoms with E-state index in [1.165, 1.54) is 22.5 Å². The highest BCUT2D eigenvalue weighted by Gasteiger charge is 2.24. The highest BCUT2D eigenvalue weighted by atomic mass is 32.2. The Kier molecular flexibility index (Phi) is 7.03. The van der Waals surface area contributed by atoms with Crippen LogP contribution in [0.5, 0.6) is 0 Å². The van der Waals surface area contributed by atoms with E-state index in [4.69, 9.17) is 0 Å². The summed E-state index contributed by atoms with van der Waals surface area (Å²) in [4.78, 5) is 12.6. The third kappa shape index (κ3) is 5.15. The molecule has 0 saturated heterocycles. The molecular weight excluding hydrogens is 396 g/mol. The van der Waals surface area contributed by atoms with Gasteiger partial charge in [0.15, 0.2) is 0 Å². The minimum atomic E-state index is -3.85. The van der Waals surface area contributed by atoms with Gasteiger partial charge in [-0.15, -0.1) is 6.58 Å². The Hall–Kier alpha value is -3.38. The van der Waals surface area contributed by atoms with Crippen molar-refractivity contribution in [3.05, 3.63) is 109 Å². The van der Waals surface area contributed by atoms with E-state index < -0.39 is 10.0 Å². The van der Waals surface area contributed by atoms with Crippen molar-refractivity contribution in [3.8, 4) is 0 Å². The first-order valence-electron chi connectivity index (χ1n) is 9.63. The minimum absolute atomic E-state index is 0.0592. The average Bonchev–Trinajstić information content (AvgIpc) is 2.78. The van der Waals surface area contributed by atoms with Gasteiger partial charge in [0, 0.05) is 12.1 Å². The van der Waals surface area contributed by atoms with Crippen molar-refractivity contribution in [1.82, 2.24) is 5.32 Å². The second-order valence-electron chi connectivity index (χ2n) is 6.68. The van der Waals surface area contributed by atoms with Crippen LogP contribution in [0.2, 0.25) is 0 Å². The van der Waals surface area contributed by atoms with E-state index in [0.717, 1.165) is 5.56 Å². The van der Waals surface area contributed by atoms with Crippen LogP contribution >= 0.6 is 0 Å². The molecule has 0 aliphatic rings. The Bertz CT molecular complexity index is 1100. The molecule has 5 nitrogen and oxygen atoms in total. The Morgan fingerprint density at radius 2 is 1.60 bits per heavy atom. The molecule has 0 aliphatic carbocycles. The van der Waals surface area contributed by atoms with Crippen LogP contribution in [-0.4, -0.2) is 27.4 Å². The standard InChI is InChI=1S/C24H24N2O3S/c1-2-18-26(22-13-7-4-8-14-22)30(28,29)23-15-9-12-21(19-23)24(27)25-17-16-20-10-5-3-6-11-20/h2-15,19H,1,16-18H2,(H,25,27). The van der Waals surface area contributed by atoms with Crippen molar-refractivity contribution < 1.29 is 13.2 Å². The van der Waals surface area contributed by atoms with Gasteiger partial charge in [-0.25, -0.2) is 8.42 Å². The molecule has 0 saturated carbocycles. The minimum Gasteiger partial charge on any atom is -0.352 e. The summed E-state index contributed by atoms with van der Waals surface area (Å²) in [6.07, 6.45) is 2.23. The predicted molar refractivity (Wildman–Crippen MR) is 120 cm³/mol. The molecule has 0 bridgehead atoms. The summed E-state index contributed by atoms with van der Waals surface area (Å²) < 4.78 is 27.8. The molecule has 1 N–H and O–H groups in total. The fourth-order valence-corrected chi connectivity index (χ4v) is 4.53. The summed E-state index contributed by atoms with van der Waals surface area (Å²) in [6.45, 7) is 4.26. The van der Waals surface area contributed by atoms with E-state index in [9.17, 15) is 13.2 Å². The van der Waals surface area contributed by atoms with Crippen molar-refractivity contribution in [2.75, 3.05) is 17.4 Å². The number of carbonyl (C=O) groups is 1. The zero-order chi connectivity index (χ0) is 21.4. The van der Waals surface area contributed by atoms with Gasteiger partial charge in [0.2, 0.25) is 0 Å². The lowest BCUT2D eigenvalue weighted by atomic mass is 10.1. The number of hydrogen-bond donors (Lipinski definition) is 1. The van der Waals surface area contributed by atoms with Gasteiger partial charge in [-0.2, -0.15) is 0 Å². The Morgan fingerprint density at radius 1 is 0.933 bits per heavy atom. The number of nitrogens with zero attached hydrogens (tertiary/aromatic N) is 1. The lowest BCUT2D eigenvalue weighted by Gasteiger charge is -2.23. The average molecular weight is 421 g/mol. The van der Waals surface area contributed by atoms with E-state index >= 15 is 0 Å². The summed E-state index contributed by atoms with van der Waals surface area (Å²) in [6, 6.07) is 24.8. The maximum absolute atomic E-state index is 13.2. The number of amides is 1. The zero-order valence-electron chi connectivity index (χ0n) is 16.6. The van der Waals surface area contributed by atoms with Crippen molar-refractivity contribution in [3.63, 3.8) is 0 Å². The third-order valence-electron chi connectivity index (χ3n) is 4.57. The molecule has 6 heteroatoms. The van der Waals surface area contributed by atoms with Gasteiger partial charge in [0.25, 0.3) is 15.9 Å². The summed E-state index contributed by atoms with van der Waals surface area (Å²) >= 11 is 0. The molecule has 0 unspecified atom stereocenters. The second kappa shape index (κ2) is 9.89. The molecule has 30 heavy (non-hydrogen) atoms. The number of anilines is 1. The Balaban J connectivity index is 1.77. The highest BCUT2D eigenvalue weighted by Crippen LogP contribution is 2.24. The maximum atomic E-state index is 13.2. The van der Waals surface area contributed by atoms with Gasteiger partial charge >= 0.3 is 0 Å². The Morgan fingerprint density at radius 3 is 2.27 bits per heavy atom. The van der Waals surface area contributed by atoms with Gasteiger partial charge in [0.1, 0.15) is 0 Å². The summed E-state index contributed by atoms with van der Waals surface area (Å²) in [5, 5.41) is 2.85. The number of para-hydroxylation sites is 1. The molecule has 3 aromatic rings. The number of carbonyl (C=O) groups excluding carboxylic acids is 1. The molecule has 0 aliphatic heterocycles. The van der Waals surface area contributed by atoms with Crippen LogP contribution in [0, 0.1) is 0 Å². The van der Waals surface area contributed by atoms with Gasteiger partial charge in [-0.3, -0.25) is 9.10 Å². The number of sulfonamides is 1. The molecule has 0 aromatic heterocycles. The summed E-state index contributed by atoms with van der Waals surface area (Å²) in [7, 11) is -3.85. The van der Waals surface area contributed by atoms with Crippen LogP contribution in [0.1, 0.15) is 15.9 Å². The van der Waals surface area contributed by atoms with E-state index in [2.05, 4.69) is 11.9 Å². The van der Waals surface area contributed by atoms with Gasteiger partial charge in [-0.05, 0) is 42.3 Å². The number of benzene rings is 3. The van der Waals surface area contributed by atoms with E-state index in [0.29, 0.717) is 24.2 Å². The van der Waals surface area contributed by atoms with Crippen LogP contribution < -0.4 is 9.62 Å². The third-order valence-corrected chi connectivity index (χ3v) is 6.36. The molecule has 0 heterocycles. The molecule has 1 amide bonds. The van der Waals surface area contributed by atoms with Crippen molar-refractivity contribution in [2.24, 2.45) is 0 Å². The highest BCUT2D eigenvalue weighted by molar-refractivity contribution is 7.92. The van der Waals surface area contributed by atoms with Crippen LogP contribution in [0.3, 0.4) is 0 Å². The van der Waals surface area contributed by atoms with Gasteiger partial charge in [0.05, 0.1) is 17.1 Å². The maximum Gasteiger partial charge on any atom is 0.264 e. The summed E-state index contributed by atoms with van der Waals surface area (Å²) in [5.74, 6) is -0.307. The molecule has 0 atom stereocenters. The van der Waals surface area contributed by atoms with Crippen LogP contribution in [0.25, 0.3) is 0 Å². The van der Waals surface area contributed by atoms with Gasteiger partial charge < -0.3 is 5.32 Å². The van der Waals surface area contributed by atoms with Crippen molar-refractivity contribution in [2.45, 2.75) is 11.3 Å². The molecule has 0 radical (unpaired) electrons. The molecule has 0 fully saturated rings. The first-order chi connectivity index (χ1) is 14.5. The van der Waals surface area contributed by atoms with Crippen LogP contribution in [0.4, 0.5) is 5.69 Å². The SMILES string of the molecule is C=CCN(c1ccccc1)S(=O)(=O)c1cccc(C(=O)NCCc2ccccc2)c1. The molecule has 3 rings (SSSR count). The fourth-order valence-electron chi connectivity index (χ4n) is 3.05. The first-order valence-corrected chi connectivity index (χ1v) is 11.1. The summed E-state index contributed by atoms with van der Waals surface area (Å²) in [5.41, 5.74) is 1.96. The van der Waals surface area contributed by atoms with Crippen LogP contribution in [-0.2, 0) is 16.4 Å². The largest absolute Gasteiger partial charge is 0.352 e. The van der Waals surface area contributed by atoms with E-state index in [1.54, 1.807) is 36.4 Å². The second-order valence-corrected chi connectivity index (χ2v) is 8.54. The van der Waals surface area contributed by atoms with E-state index in [-0.39, 0.29) is 17.3 Å². The topological polar surface area (TPSA) is 66.5 Å². The lowest BCUT2D eigenvalue weighted by molar-refractivity contribution is 0.0954. The van der Waals surface area contributed by atoms with Crippen LogP contribution in [0.15, 0.2) is 102 Å². The smallest absolute Gasteiger partial charge is 0.264 e. The monoisotopic (exact) mass is 420 g/mol. The molecular formula is C24H24N2O3S. The zero-order valence-corrected chi connectivity index (χ0v) is 17.4. The quantitative estimate of drug-likeness (QED) is 0.531. The lowest BCUT2D eigenvalue weighted by Crippen LogP contribution is -2.31. The van der Waals surface area contributed by atoms with Crippen molar-refractivity contribution in [1.29, 1.82) is 0 Å². The van der Waals surface area contributed by atoms with Crippen molar-refractivity contribution >= 4 is 21.6 Å². The fraction of sp³-hybridized carbons (Fsp3) is 0.125. The van der Waals surface area contributed by atoms with E-state index in [1.807, 2.05) is 36.4 Å². The first kappa shape index (κ1) is 21.3. The van der Waals surface area contributed by atoms with Gasteiger partial charge in [-0.1, -0.05) is 60.7 Å². The molecule has 3 aromatic carbocycles. The number of nitrogens with one attached hydrogen (secondary N) is 1. The normalized spacial score (nSPS) is 10.9. The number of rotatable bonds is 9.